The Bertz CT molecular complexity index is 1170. The van der Waals surface area contributed by atoms with Gasteiger partial charge in [-0.25, -0.2) is 12.8 Å². The first-order valence-corrected chi connectivity index (χ1v) is 8.30. The lowest BCUT2D eigenvalue weighted by molar-refractivity contribution is 0.601. The fourth-order valence-corrected chi connectivity index (χ4v) is 3.21. The van der Waals surface area contributed by atoms with Crippen molar-refractivity contribution in [2.45, 2.75) is 11.8 Å². The van der Waals surface area contributed by atoms with Crippen molar-refractivity contribution in [3.05, 3.63) is 68.5 Å². The van der Waals surface area contributed by atoms with Gasteiger partial charge < -0.3 is 9.97 Å². The summed E-state index contributed by atoms with van der Waals surface area (Å²) in [5, 5.41) is 0. The smallest absolute Gasteiger partial charge is 0.314 e. The van der Waals surface area contributed by atoms with E-state index in [0.29, 0.717) is 11.1 Å². The van der Waals surface area contributed by atoms with Crippen molar-refractivity contribution in [2.24, 2.45) is 0 Å². The predicted octanol–water partition coefficient (Wildman–Crippen LogP) is 1.46. The fourth-order valence-electron chi connectivity index (χ4n) is 2.13. The summed E-state index contributed by atoms with van der Waals surface area (Å²) in [6.07, 6.45) is 0. The second-order valence-corrected chi connectivity index (χ2v) is 6.87. The number of rotatable bonds is 3. The molecule has 0 amide bonds. The van der Waals surface area contributed by atoms with Crippen LogP contribution in [0.3, 0.4) is 0 Å². The third-order valence-electron chi connectivity index (χ3n) is 3.43. The number of hydrogen-bond donors (Lipinski definition) is 3. The summed E-state index contributed by atoms with van der Waals surface area (Å²) in [7, 11) is -3.99. The molecule has 0 atom stereocenters. The number of hydrogen-bond acceptors (Lipinski definition) is 4. The lowest BCUT2D eigenvalue weighted by Gasteiger charge is -2.09. The molecule has 0 radical (unpaired) electrons. The lowest BCUT2D eigenvalue weighted by Crippen LogP contribution is -2.29. The number of benzene rings is 2. The highest BCUT2D eigenvalue weighted by atomic mass is 32.2. The quantitative estimate of drug-likeness (QED) is 0.622. The Morgan fingerprint density at radius 3 is 2.29 bits per heavy atom. The monoisotopic (exact) mass is 349 g/mol. The molecule has 2 aromatic carbocycles. The van der Waals surface area contributed by atoms with Gasteiger partial charge in [-0.2, -0.15) is 0 Å². The van der Waals surface area contributed by atoms with E-state index in [9.17, 15) is 22.4 Å². The summed E-state index contributed by atoms with van der Waals surface area (Å²) in [5.74, 6) is -0.532. The number of fused-ring (bicyclic) bond motifs is 1. The van der Waals surface area contributed by atoms with Gasteiger partial charge in [0, 0.05) is 0 Å². The molecule has 0 aliphatic rings. The molecule has 3 rings (SSSR count). The molecule has 0 saturated carbocycles. The van der Waals surface area contributed by atoms with Gasteiger partial charge in [-0.3, -0.25) is 14.3 Å². The van der Waals surface area contributed by atoms with E-state index in [1.165, 1.54) is 30.3 Å². The Kier molecular flexibility index (Phi) is 3.72. The standard InChI is InChI=1S/C15H12FN3O4S/c1-8-2-3-9(6-11(8)16)19-24(22,23)10-4-5-12-13(7-10)18-15(21)14(20)17-12/h2-7,19H,1H3,(H,17,20)(H,18,21). The van der Waals surface area contributed by atoms with E-state index in [0.717, 1.165) is 6.07 Å². The molecule has 24 heavy (non-hydrogen) atoms. The maximum atomic E-state index is 13.5. The van der Waals surface area contributed by atoms with Crippen LogP contribution in [0.4, 0.5) is 10.1 Å². The topological polar surface area (TPSA) is 112 Å². The van der Waals surface area contributed by atoms with Crippen LogP contribution in [-0.2, 0) is 10.0 Å². The van der Waals surface area contributed by atoms with Crippen LogP contribution >= 0.6 is 0 Å². The van der Waals surface area contributed by atoms with Gasteiger partial charge in [-0.05, 0) is 42.8 Å². The molecular weight excluding hydrogens is 337 g/mol. The highest BCUT2D eigenvalue weighted by molar-refractivity contribution is 7.92. The first-order chi connectivity index (χ1) is 11.3. The van der Waals surface area contributed by atoms with Crippen LogP contribution in [0.1, 0.15) is 5.56 Å². The average Bonchev–Trinajstić information content (AvgIpc) is 2.51. The summed E-state index contributed by atoms with van der Waals surface area (Å²) >= 11 is 0. The minimum absolute atomic E-state index is 0.0770. The number of sulfonamides is 1. The third kappa shape index (κ3) is 2.93. The van der Waals surface area contributed by atoms with Crippen molar-refractivity contribution in [3.8, 4) is 0 Å². The Hall–Kier alpha value is -2.94. The Morgan fingerprint density at radius 2 is 1.62 bits per heavy atom. The maximum absolute atomic E-state index is 13.5. The van der Waals surface area contributed by atoms with Crippen molar-refractivity contribution >= 4 is 26.7 Å². The zero-order chi connectivity index (χ0) is 17.5. The minimum Gasteiger partial charge on any atom is -0.316 e. The van der Waals surface area contributed by atoms with Gasteiger partial charge in [-0.15, -0.1) is 0 Å². The van der Waals surface area contributed by atoms with Crippen LogP contribution in [0.5, 0.6) is 0 Å². The van der Waals surface area contributed by atoms with Crippen molar-refractivity contribution in [1.82, 2.24) is 9.97 Å². The van der Waals surface area contributed by atoms with E-state index >= 15 is 0 Å². The molecule has 0 fully saturated rings. The minimum atomic E-state index is -3.99. The second-order valence-electron chi connectivity index (χ2n) is 5.19. The predicted molar refractivity (Wildman–Crippen MR) is 87.1 cm³/mol. The summed E-state index contributed by atoms with van der Waals surface area (Å²) < 4.78 is 40.6. The van der Waals surface area contributed by atoms with Crippen LogP contribution in [-0.4, -0.2) is 18.4 Å². The highest BCUT2D eigenvalue weighted by Crippen LogP contribution is 2.20. The number of nitrogens with one attached hydrogen (secondary N) is 3. The Labute approximate surface area is 135 Å². The molecule has 0 spiro atoms. The molecule has 0 aliphatic carbocycles. The molecule has 124 valence electrons. The molecule has 1 aromatic heterocycles. The maximum Gasteiger partial charge on any atom is 0.314 e. The van der Waals surface area contributed by atoms with Crippen molar-refractivity contribution in [3.63, 3.8) is 0 Å². The summed E-state index contributed by atoms with van der Waals surface area (Å²) in [4.78, 5) is 27.1. The molecule has 3 N–H and O–H groups in total. The van der Waals surface area contributed by atoms with Gasteiger partial charge in [0.15, 0.2) is 0 Å². The number of aromatic nitrogens is 2. The number of H-pyrrole nitrogens is 2. The molecular formula is C15H12FN3O4S. The van der Waals surface area contributed by atoms with Crippen LogP contribution in [0.15, 0.2) is 50.9 Å². The average molecular weight is 349 g/mol. The van der Waals surface area contributed by atoms with Gasteiger partial charge >= 0.3 is 11.1 Å². The van der Waals surface area contributed by atoms with E-state index < -0.39 is 27.0 Å². The molecule has 0 saturated heterocycles. The van der Waals surface area contributed by atoms with Crippen LogP contribution in [0, 0.1) is 12.7 Å². The van der Waals surface area contributed by atoms with Crippen LogP contribution < -0.4 is 15.8 Å². The number of anilines is 1. The van der Waals surface area contributed by atoms with Gasteiger partial charge in [0.05, 0.1) is 21.6 Å². The van der Waals surface area contributed by atoms with Gasteiger partial charge in [0.2, 0.25) is 0 Å². The molecule has 9 heteroatoms. The first kappa shape index (κ1) is 15.9. The zero-order valence-corrected chi connectivity index (χ0v) is 13.2. The largest absolute Gasteiger partial charge is 0.316 e. The summed E-state index contributed by atoms with van der Waals surface area (Å²) in [6.45, 7) is 1.56. The van der Waals surface area contributed by atoms with Gasteiger partial charge in [0.25, 0.3) is 10.0 Å². The van der Waals surface area contributed by atoms with E-state index in [-0.39, 0.29) is 16.1 Å². The van der Waals surface area contributed by atoms with Crippen LogP contribution in [0.2, 0.25) is 0 Å². The first-order valence-electron chi connectivity index (χ1n) is 6.81. The molecule has 0 aliphatic heterocycles. The van der Waals surface area contributed by atoms with Crippen molar-refractivity contribution < 1.29 is 12.8 Å². The number of aryl methyl sites for hydroxylation is 1. The molecule has 0 unspecified atom stereocenters. The van der Waals surface area contributed by atoms with Crippen molar-refractivity contribution in [2.75, 3.05) is 4.72 Å². The van der Waals surface area contributed by atoms with E-state index in [1.54, 1.807) is 6.92 Å². The molecule has 0 bridgehead atoms. The Balaban J connectivity index is 2.04. The zero-order valence-electron chi connectivity index (χ0n) is 12.4. The summed E-state index contributed by atoms with van der Waals surface area (Å²) in [5.41, 5.74) is -0.784. The second kappa shape index (κ2) is 5.60. The van der Waals surface area contributed by atoms with E-state index in [4.69, 9.17) is 0 Å². The normalized spacial score (nSPS) is 11.6. The SMILES string of the molecule is Cc1ccc(NS(=O)(=O)c2ccc3[nH]c(=O)c(=O)[nH]c3c2)cc1F. The summed E-state index contributed by atoms with van der Waals surface area (Å²) in [6, 6.07) is 7.81. The lowest BCUT2D eigenvalue weighted by atomic mass is 10.2. The van der Waals surface area contributed by atoms with Gasteiger partial charge in [-0.1, -0.05) is 6.07 Å². The molecule has 7 nitrogen and oxygen atoms in total. The van der Waals surface area contributed by atoms with Gasteiger partial charge in [0.1, 0.15) is 5.82 Å². The van der Waals surface area contributed by atoms with E-state index in [2.05, 4.69) is 14.7 Å². The van der Waals surface area contributed by atoms with Crippen LogP contribution in [0.25, 0.3) is 11.0 Å². The van der Waals surface area contributed by atoms with Crippen molar-refractivity contribution in [1.29, 1.82) is 0 Å². The number of aromatic amines is 2. The third-order valence-corrected chi connectivity index (χ3v) is 4.81. The highest BCUT2D eigenvalue weighted by Gasteiger charge is 2.16. The fraction of sp³-hybridized carbons (Fsp3) is 0.0667. The van der Waals surface area contributed by atoms with E-state index in [1.807, 2.05) is 0 Å². The molecule has 3 aromatic rings. The number of halogens is 1. The Morgan fingerprint density at radius 1 is 0.958 bits per heavy atom. The molecule has 1 heterocycles.